The van der Waals surface area contributed by atoms with Gasteiger partial charge in [-0.1, -0.05) is 6.07 Å². The van der Waals surface area contributed by atoms with Crippen molar-refractivity contribution in [3.05, 3.63) is 63.5 Å². The van der Waals surface area contributed by atoms with Crippen LogP contribution >= 0.6 is 23.1 Å². The van der Waals surface area contributed by atoms with E-state index >= 15 is 0 Å². The third-order valence-corrected chi connectivity index (χ3v) is 7.42. The van der Waals surface area contributed by atoms with E-state index in [9.17, 15) is 14.4 Å². The van der Waals surface area contributed by atoms with Gasteiger partial charge in [0.1, 0.15) is 16.3 Å². The summed E-state index contributed by atoms with van der Waals surface area (Å²) in [5.41, 5.74) is 2.10. The van der Waals surface area contributed by atoms with Crippen molar-refractivity contribution in [2.75, 3.05) is 39.2 Å². The molecule has 0 atom stereocenters. The summed E-state index contributed by atoms with van der Waals surface area (Å²) in [6.07, 6.45) is 2.33. The molecule has 37 heavy (non-hydrogen) atoms. The van der Waals surface area contributed by atoms with Crippen LogP contribution in [0.4, 0.5) is 5.00 Å². The molecule has 194 valence electrons. The quantitative estimate of drug-likeness (QED) is 0.304. The smallest absolute Gasteiger partial charge is 0.342 e. The number of methoxy groups -OCH3 is 2. The zero-order chi connectivity index (χ0) is 26.5. The Labute approximate surface area is 222 Å². The summed E-state index contributed by atoms with van der Waals surface area (Å²) < 4.78 is 26.3. The molecule has 1 amide bonds. The number of carbonyl (C=O) groups is 3. The number of thioether (sulfide) groups is 1. The molecule has 2 heterocycles. The number of esters is 2. The predicted molar refractivity (Wildman–Crippen MR) is 139 cm³/mol. The van der Waals surface area contributed by atoms with Crippen LogP contribution in [0.1, 0.15) is 36.7 Å². The largest absolute Gasteiger partial charge is 0.496 e. The van der Waals surface area contributed by atoms with Crippen molar-refractivity contribution >= 4 is 45.9 Å². The van der Waals surface area contributed by atoms with E-state index in [2.05, 4.69) is 5.32 Å². The third kappa shape index (κ3) is 5.83. The highest BCUT2D eigenvalue weighted by molar-refractivity contribution is 7.98. The van der Waals surface area contributed by atoms with Crippen LogP contribution in [-0.2, 0) is 20.7 Å². The standard InChI is InChI=1S/C26H25NO8S2/c1-14-18(9-15-5-8-19-21(10-15)35-13-34-19)23(26(30)32-3)24(37-14)27-22(28)12-33-25(29)17-7-6-16(36-4)11-20(17)31-2/h5-8,10-11H,9,12-13H2,1-4H3,(H,27,28). The van der Waals surface area contributed by atoms with Gasteiger partial charge in [-0.25, -0.2) is 9.59 Å². The predicted octanol–water partition coefficient (Wildman–Crippen LogP) is 4.69. The highest BCUT2D eigenvalue weighted by atomic mass is 32.2. The summed E-state index contributed by atoms with van der Waals surface area (Å²) >= 11 is 2.75. The van der Waals surface area contributed by atoms with E-state index < -0.39 is 24.5 Å². The molecule has 1 aliphatic heterocycles. The summed E-state index contributed by atoms with van der Waals surface area (Å²) in [4.78, 5) is 39.7. The number of hydrogen-bond acceptors (Lipinski definition) is 10. The van der Waals surface area contributed by atoms with Crippen LogP contribution in [0.25, 0.3) is 0 Å². The van der Waals surface area contributed by atoms with Crippen molar-refractivity contribution in [3.8, 4) is 17.2 Å². The van der Waals surface area contributed by atoms with Gasteiger partial charge in [0.05, 0.1) is 19.8 Å². The van der Waals surface area contributed by atoms with Gasteiger partial charge in [0.15, 0.2) is 18.1 Å². The molecule has 9 nitrogen and oxygen atoms in total. The number of rotatable bonds is 9. The number of aryl methyl sites for hydroxylation is 1. The molecular weight excluding hydrogens is 518 g/mol. The lowest BCUT2D eigenvalue weighted by Gasteiger charge is -2.11. The zero-order valence-corrected chi connectivity index (χ0v) is 22.3. The summed E-state index contributed by atoms with van der Waals surface area (Å²) in [5, 5.41) is 3.01. The van der Waals surface area contributed by atoms with Gasteiger partial charge in [0.2, 0.25) is 6.79 Å². The summed E-state index contributed by atoms with van der Waals surface area (Å²) in [6.45, 7) is 1.49. The zero-order valence-electron chi connectivity index (χ0n) is 20.7. The maximum Gasteiger partial charge on any atom is 0.342 e. The second-order valence-corrected chi connectivity index (χ2v) is 9.99. The molecule has 1 aliphatic rings. The van der Waals surface area contributed by atoms with E-state index in [1.165, 1.54) is 37.3 Å². The summed E-state index contributed by atoms with van der Waals surface area (Å²) in [6, 6.07) is 10.6. The van der Waals surface area contributed by atoms with Crippen LogP contribution in [0.3, 0.4) is 0 Å². The molecule has 4 rings (SSSR count). The van der Waals surface area contributed by atoms with E-state index in [1.807, 2.05) is 31.4 Å². The average molecular weight is 544 g/mol. The SMILES string of the molecule is COC(=O)c1c(NC(=O)COC(=O)c2ccc(SC)cc2OC)sc(C)c1Cc1ccc2c(c1)OCO2. The fourth-order valence-electron chi connectivity index (χ4n) is 3.79. The third-order valence-electron chi connectivity index (χ3n) is 5.63. The first-order valence-corrected chi connectivity index (χ1v) is 13.2. The molecule has 0 saturated carbocycles. The molecule has 0 aliphatic carbocycles. The Balaban J connectivity index is 1.48. The molecular formula is C26H25NO8S2. The number of fused-ring (bicyclic) bond motifs is 1. The molecule has 0 radical (unpaired) electrons. The first-order valence-electron chi connectivity index (χ1n) is 11.1. The van der Waals surface area contributed by atoms with Gasteiger partial charge >= 0.3 is 11.9 Å². The lowest BCUT2D eigenvalue weighted by Crippen LogP contribution is -2.22. The maximum atomic E-state index is 12.7. The molecule has 0 spiro atoms. The van der Waals surface area contributed by atoms with E-state index in [0.717, 1.165) is 20.9 Å². The normalized spacial score (nSPS) is 11.7. The summed E-state index contributed by atoms with van der Waals surface area (Å²) in [7, 11) is 2.74. The monoisotopic (exact) mass is 543 g/mol. The molecule has 0 saturated heterocycles. The van der Waals surface area contributed by atoms with Gasteiger partial charge in [-0.05, 0) is 61.1 Å². The Bertz CT molecular complexity index is 1350. The number of anilines is 1. The van der Waals surface area contributed by atoms with Gasteiger partial charge in [0.25, 0.3) is 5.91 Å². The van der Waals surface area contributed by atoms with Gasteiger partial charge in [0, 0.05) is 9.77 Å². The highest BCUT2D eigenvalue weighted by Crippen LogP contribution is 2.37. The average Bonchev–Trinajstić information content (AvgIpc) is 3.49. The number of thiophene rings is 1. The second-order valence-electron chi connectivity index (χ2n) is 7.89. The van der Waals surface area contributed by atoms with Crippen molar-refractivity contribution in [3.63, 3.8) is 0 Å². The van der Waals surface area contributed by atoms with Crippen LogP contribution in [0, 0.1) is 6.92 Å². The Kier molecular flexibility index (Phi) is 8.24. The minimum atomic E-state index is -0.696. The lowest BCUT2D eigenvalue weighted by molar-refractivity contribution is -0.119. The molecule has 0 bridgehead atoms. The van der Waals surface area contributed by atoms with Crippen molar-refractivity contribution in [2.24, 2.45) is 0 Å². The van der Waals surface area contributed by atoms with Crippen molar-refractivity contribution < 1.29 is 38.1 Å². The number of hydrogen-bond donors (Lipinski definition) is 1. The summed E-state index contributed by atoms with van der Waals surface area (Å²) in [5.74, 6) is -0.203. The van der Waals surface area contributed by atoms with E-state index in [1.54, 1.807) is 18.2 Å². The number of carbonyl (C=O) groups excluding carboxylic acids is 3. The molecule has 3 aromatic rings. The Morgan fingerprint density at radius 1 is 1.05 bits per heavy atom. The van der Waals surface area contributed by atoms with Crippen LogP contribution in [0.5, 0.6) is 17.2 Å². The second kappa shape index (κ2) is 11.6. The van der Waals surface area contributed by atoms with E-state index in [4.69, 9.17) is 23.7 Å². The highest BCUT2D eigenvalue weighted by Gasteiger charge is 2.25. The number of nitrogens with one attached hydrogen (secondary N) is 1. The molecule has 1 aromatic heterocycles. The molecule has 11 heteroatoms. The van der Waals surface area contributed by atoms with Gasteiger partial charge in [-0.3, -0.25) is 4.79 Å². The van der Waals surface area contributed by atoms with Crippen molar-refractivity contribution in [1.29, 1.82) is 0 Å². The topological polar surface area (TPSA) is 109 Å². The first kappa shape index (κ1) is 26.4. The Morgan fingerprint density at radius 3 is 2.57 bits per heavy atom. The first-order chi connectivity index (χ1) is 17.8. The van der Waals surface area contributed by atoms with E-state index in [-0.39, 0.29) is 17.9 Å². The Morgan fingerprint density at radius 2 is 1.84 bits per heavy atom. The fourth-order valence-corrected chi connectivity index (χ4v) is 5.30. The van der Waals surface area contributed by atoms with Crippen LogP contribution < -0.4 is 19.5 Å². The van der Waals surface area contributed by atoms with Gasteiger partial charge in [-0.15, -0.1) is 23.1 Å². The van der Waals surface area contributed by atoms with Gasteiger partial charge < -0.3 is 29.0 Å². The van der Waals surface area contributed by atoms with E-state index in [0.29, 0.717) is 28.7 Å². The minimum absolute atomic E-state index is 0.167. The fraction of sp³-hybridized carbons (Fsp3) is 0.269. The molecule has 0 fully saturated rings. The number of ether oxygens (including phenoxy) is 5. The van der Waals surface area contributed by atoms with Crippen LogP contribution in [-0.4, -0.2) is 51.7 Å². The van der Waals surface area contributed by atoms with Crippen molar-refractivity contribution in [2.45, 2.75) is 18.2 Å². The Hall–Kier alpha value is -3.70. The number of amides is 1. The molecule has 0 unspecified atom stereocenters. The lowest BCUT2D eigenvalue weighted by atomic mass is 10.0. The minimum Gasteiger partial charge on any atom is -0.496 e. The van der Waals surface area contributed by atoms with Crippen LogP contribution in [0.2, 0.25) is 0 Å². The molecule has 1 N–H and O–H groups in total. The number of benzene rings is 2. The van der Waals surface area contributed by atoms with Gasteiger partial charge in [-0.2, -0.15) is 0 Å². The van der Waals surface area contributed by atoms with Crippen molar-refractivity contribution in [1.82, 2.24) is 0 Å². The van der Waals surface area contributed by atoms with Crippen LogP contribution in [0.15, 0.2) is 41.3 Å². The molecule has 2 aromatic carbocycles. The maximum absolute atomic E-state index is 12.7.